The molecule has 1 aliphatic carbocycles. The van der Waals surface area contributed by atoms with Crippen LogP contribution in [0.15, 0.2) is 146 Å². The van der Waals surface area contributed by atoms with Gasteiger partial charge < -0.3 is 10.6 Å². The van der Waals surface area contributed by atoms with Crippen molar-refractivity contribution in [1.82, 2.24) is 10.6 Å². The average molecular weight is 719 g/mol. The summed E-state index contributed by atoms with van der Waals surface area (Å²) in [6, 6.07) is 56.0. The normalized spacial score (nSPS) is 16.0. The van der Waals surface area contributed by atoms with Gasteiger partial charge in [0.15, 0.2) is 0 Å². The Labute approximate surface area is 314 Å². The van der Waals surface area contributed by atoms with Crippen LogP contribution in [0, 0.1) is 27.7 Å². The smallest absolute Gasteiger partial charge is 0.0224 e. The second-order valence-corrected chi connectivity index (χ2v) is 18.9. The van der Waals surface area contributed by atoms with E-state index in [9.17, 15) is 0 Å². The van der Waals surface area contributed by atoms with Crippen LogP contribution in [-0.2, 0) is 13.1 Å². The molecular weight excluding hydrogens is 666 g/mol. The average Bonchev–Trinajstić information content (AvgIpc) is 3.17. The van der Waals surface area contributed by atoms with Crippen molar-refractivity contribution < 1.29 is 0 Å². The first-order valence-electron chi connectivity index (χ1n) is 18.9. The summed E-state index contributed by atoms with van der Waals surface area (Å²) in [6.07, 6.45) is 4.95. The van der Waals surface area contributed by atoms with E-state index in [2.05, 4.69) is 184 Å². The molecule has 4 heteroatoms. The first-order valence-corrected chi connectivity index (χ1v) is 21.6. The number of rotatable bonds is 12. The molecule has 0 saturated heterocycles. The summed E-state index contributed by atoms with van der Waals surface area (Å²) >= 11 is 0. The van der Waals surface area contributed by atoms with Crippen molar-refractivity contribution in [3.8, 4) is 0 Å². The summed E-state index contributed by atoms with van der Waals surface area (Å²) in [5.41, 5.74) is 8.03. The van der Waals surface area contributed by atoms with E-state index in [-0.39, 0.29) is 0 Å². The van der Waals surface area contributed by atoms with Gasteiger partial charge in [-0.3, -0.25) is 0 Å². The SMILES string of the molecule is Cc1ccc(P(c2ccc(C)cc2)c2ccccc2CN[C@@H]2CCCC[C@H]2NCc2ccccc2P(c2ccc(C)cc2)c2ccc(C)cc2)cc1. The zero-order valence-electron chi connectivity index (χ0n) is 31.1. The van der Waals surface area contributed by atoms with Gasteiger partial charge in [0.2, 0.25) is 0 Å². The molecule has 264 valence electrons. The molecule has 0 radical (unpaired) electrons. The molecule has 1 saturated carbocycles. The molecule has 7 rings (SSSR count). The zero-order chi connectivity index (χ0) is 35.9. The van der Waals surface area contributed by atoms with Crippen molar-refractivity contribution in [2.45, 2.75) is 78.6 Å². The molecule has 1 fully saturated rings. The van der Waals surface area contributed by atoms with Crippen molar-refractivity contribution >= 4 is 47.7 Å². The fraction of sp³-hybridized carbons (Fsp3) is 0.250. The molecule has 52 heavy (non-hydrogen) atoms. The van der Waals surface area contributed by atoms with Gasteiger partial charge in [-0.1, -0.05) is 181 Å². The molecule has 6 aromatic rings. The maximum Gasteiger partial charge on any atom is 0.0224 e. The second kappa shape index (κ2) is 17.3. The van der Waals surface area contributed by atoms with E-state index in [0.717, 1.165) is 13.1 Å². The van der Waals surface area contributed by atoms with E-state index in [1.807, 2.05) is 0 Å². The van der Waals surface area contributed by atoms with E-state index in [0.29, 0.717) is 12.1 Å². The molecule has 0 heterocycles. The maximum absolute atomic E-state index is 4.09. The van der Waals surface area contributed by atoms with Crippen LogP contribution in [0.4, 0.5) is 0 Å². The Balaban J connectivity index is 1.11. The lowest BCUT2D eigenvalue weighted by molar-refractivity contribution is 0.281. The summed E-state index contributed by atoms with van der Waals surface area (Å²) in [5.74, 6) is 0. The third kappa shape index (κ3) is 8.82. The number of hydrogen-bond donors (Lipinski definition) is 2. The lowest BCUT2D eigenvalue weighted by Crippen LogP contribution is -2.49. The Morgan fingerprint density at radius 1 is 0.404 bits per heavy atom. The van der Waals surface area contributed by atoms with E-state index in [1.165, 1.54) is 90.9 Å². The number of nitrogens with one attached hydrogen (secondary N) is 2. The van der Waals surface area contributed by atoms with Crippen LogP contribution in [0.2, 0.25) is 0 Å². The first kappa shape index (κ1) is 36.5. The molecule has 2 nitrogen and oxygen atoms in total. The third-order valence-corrected chi connectivity index (χ3v) is 15.6. The highest BCUT2D eigenvalue weighted by molar-refractivity contribution is 7.80. The summed E-state index contributed by atoms with van der Waals surface area (Å²) < 4.78 is 0. The highest BCUT2D eigenvalue weighted by Crippen LogP contribution is 2.36. The molecule has 0 spiro atoms. The maximum atomic E-state index is 4.09. The van der Waals surface area contributed by atoms with Crippen LogP contribution in [0.1, 0.15) is 59.1 Å². The van der Waals surface area contributed by atoms with Crippen molar-refractivity contribution in [1.29, 1.82) is 0 Å². The number of benzene rings is 6. The van der Waals surface area contributed by atoms with Crippen molar-refractivity contribution in [3.05, 3.63) is 179 Å². The molecule has 2 N–H and O–H groups in total. The van der Waals surface area contributed by atoms with Crippen LogP contribution in [0.3, 0.4) is 0 Å². The fourth-order valence-electron chi connectivity index (χ4n) is 7.49. The van der Waals surface area contributed by atoms with Crippen molar-refractivity contribution in [2.75, 3.05) is 0 Å². The summed E-state index contributed by atoms with van der Waals surface area (Å²) in [5, 5.41) is 16.7. The topological polar surface area (TPSA) is 24.1 Å². The summed E-state index contributed by atoms with van der Waals surface area (Å²) in [7, 11) is -1.35. The van der Waals surface area contributed by atoms with E-state index < -0.39 is 15.8 Å². The molecule has 2 atom stereocenters. The van der Waals surface area contributed by atoms with Crippen molar-refractivity contribution in [3.63, 3.8) is 0 Å². The predicted octanol–water partition coefficient (Wildman–Crippen LogP) is 8.63. The van der Waals surface area contributed by atoms with Gasteiger partial charge in [-0.25, -0.2) is 0 Å². The first-order chi connectivity index (χ1) is 25.4. The van der Waals surface area contributed by atoms with Crippen molar-refractivity contribution in [2.24, 2.45) is 0 Å². The number of hydrogen-bond acceptors (Lipinski definition) is 2. The minimum Gasteiger partial charge on any atom is -0.308 e. The van der Waals surface area contributed by atoms with Crippen LogP contribution in [-0.4, -0.2) is 12.1 Å². The van der Waals surface area contributed by atoms with Gasteiger partial charge in [0, 0.05) is 25.2 Å². The molecule has 0 aliphatic heterocycles. The van der Waals surface area contributed by atoms with Gasteiger partial charge in [-0.05, 0) is 99.3 Å². The van der Waals surface area contributed by atoms with Crippen LogP contribution in [0.5, 0.6) is 0 Å². The predicted molar refractivity (Wildman–Crippen MR) is 229 cm³/mol. The standard InChI is InChI=1S/C48H52N2P2/c1-35-17-25-41(26-18-35)51(42-27-19-36(2)20-28-42)47-15-9-5-11-39(47)33-49-45-13-7-8-14-46(45)50-34-40-12-6-10-16-48(40)52(43-29-21-37(3)22-30-43)44-31-23-38(4)24-32-44/h5-6,9-12,15-32,45-46,49-50H,7-8,13-14,33-34H2,1-4H3/t45-,46-/m1/s1. The van der Waals surface area contributed by atoms with Crippen LogP contribution >= 0.6 is 15.8 Å². The van der Waals surface area contributed by atoms with Gasteiger partial charge in [-0.15, -0.1) is 0 Å². The van der Waals surface area contributed by atoms with E-state index >= 15 is 0 Å². The molecular formula is C48H52N2P2. The highest BCUT2D eigenvalue weighted by atomic mass is 31.1. The van der Waals surface area contributed by atoms with E-state index in [4.69, 9.17) is 0 Å². The Morgan fingerprint density at radius 2 is 0.692 bits per heavy atom. The highest BCUT2D eigenvalue weighted by Gasteiger charge is 2.27. The molecule has 0 aromatic heterocycles. The Kier molecular flexibility index (Phi) is 12.1. The third-order valence-electron chi connectivity index (χ3n) is 10.5. The van der Waals surface area contributed by atoms with E-state index in [1.54, 1.807) is 0 Å². The quantitative estimate of drug-likeness (QED) is 0.124. The summed E-state index contributed by atoms with van der Waals surface area (Å²) in [6.45, 7) is 10.5. The molecule has 1 aliphatic rings. The molecule has 6 aromatic carbocycles. The van der Waals surface area contributed by atoms with Gasteiger partial charge in [-0.2, -0.15) is 0 Å². The van der Waals surface area contributed by atoms with Gasteiger partial charge in [0.05, 0.1) is 0 Å². The Bertz CT molecular complexity index is 1790. The monoisotopic (exact) mass is 718 g/mol. The molecule has 0 amide bonds. The minimum atomic E-state index is -0.675. The second-order valence-electron chi connectivity index (χ2n) is 14.5. The number of aryl methyl sites for hydroxylation is 4. The molecule has 0 bridgehead atoms. The van der Waals surface area contributed by atoms with Gasteiger partial charge >= 0.3 is 0 Å². The summed E-state index contributed by atoms with van der Waals surface area (Å²) in [4.78, 5) is 0. The van der Waals surface area contributed by atoms with Gasteiger partial charge in [0.1, 0.15) is 0 Å². The Hall–Kier alpha value is -3.90. The minimum absolute atomic E-state index is 0.426. The molecule has 0 unspecified atom stereocenters. The lowest BCUT2D eigenvalue weighted by atomic mass is 9.90. The fourth-order valence-corrected chi connectivity index (χ4v) is 12.3. The Morgan fingerprint density at radius 3 is 1.00 bits per heavy atom. The zero-order valence-corrected chi connectivity index (χ0v) is 32.9. The lowest BCUT2D eigenvalue weighted by Gasteiger charge is -2.34. The van der Waals surface area contributed by atoms with Crippen LogP contribution in [0.25, 0.3) is 0 Å². The largest absolute Gasteiger partial charge is 0.308 e. The van der Waals surface area contributed by atoms with Crippen LogP contribution < -0.4 is 42.5 Å². The van der Waals surface area contributed by atoms with Gasteiger partial charge in [0.25, 0.3) is 0 Å².